The number of nitrogens with one attached hydrogen (secondary N) is 1. The molecule has 1 N–H and O–H groups in total. The lowest BCUT2D eigenvalue weighted by Gasteiger charge is -2.20. The second-order valence-corrected chi connectivity index (χ2v) is 5.67. The minimum absolute atomic E-state index is 0.0413. The summed E-state index contributed by atoms with van der Waals surface area (Å²) in [4.78, 5) is 4.52. The van der Waals surface area contributed by atoms with Crippen LogP contribution in [0.1, 0.15) is 56.3 Å². The molecule has 5 nitrogen and oxygen atoms in total. The van der Waals surface area contributed by atoms with Crippen LogP contribution >= 0.6 is 0 Å². The third kappa shape index (κ3) is 3.54. The molecule has 1 aliphatic carbocycles. The fourth-order valence-electron chi connectivity index (χ4n) is 3.03. The lowest BCUT2D eigenvalue weighted by atomic mass is 9.97. The summed E-state index contributed by atoms with van der Waals surface area (Å²) < 4.78 is 11.0. The van der Waals surface area contributed by atoms with E-state index in [2.05, 4.69) is 15.5 Å². The number of rotatable bonds is 3. The van der Waals surface area contributed by atoms with Gasteiger partial charge in [0, 0.05) is 19.5 Å². The van der Waals surface area contributed by atoms with Gasteiger partial charge in [0.25, 0.3) is 0 Å². The van der Waals surface area contributed by atoms with Gasteiger partial charge in [0.05, 0.1) is 6.61 Å². The Bertz CT molecular complexity index is 380. The zero-order chi connectivity index (χ0) is 12.9. The molecule has 19 heavy (non-hydrogen) atoms. The van der Waals surface area contributed by atoms with Crippen molar-refractivity contribution in [2.75, 3.05) is 19.7 Å². The maximum Gasteiger partial charge on any atom is 0.227 e. The second kappa shape index (κ2) is 6.48. The molecule has 1 saturated heterocycles. The average molecular weight is 265 g/mol. The summed E-state index contributed by atoms with van der Waals surface area (Å²) in [7, 11) is 0. The third-order valence-corrected chi connectivity index (χ3v) is 4.14. The lowest BCUT2D eigenvalue weighted by Crippen LogP contribution is -2.33. The van der Waals surface area contributed by atoms with E-state index in [1.54, 1.807) is 0 Å². The molecule has 2 fully saturated rings. The first-order valence-corrected chi connectivity index (χ1v) is 7.56. The molecule has 0 amide bonds. The van der Waals surface area contributed by atoms with Gasteiger partial charge in [-0.3, -0.25) is 0 Å². The molecule has 0 spiro atoms. The van der Waals surface area contributed by atoms with E-state index in [1.165, 1.54) is 38.5 Å². The van der Waals surface area contributed by atoms with Crippen molar-refractivity contribution in [1.82, 2.24) is 15.5 Å². The molecule has 1 aromatic rings. The molecule has 0 aromatic carbocycles. The Morgan fingerprint density at radius 2 is 2.00 bits per heavy atom. The topological polar surface area (TPSA) is 60.2 Å². The highest BCUT2D eigenvalue weighted by Gasteiger charge is 2.23. The van der Waals surface area contributed by atoms with Gasteiger partial charge in [-0.1, -0.05) is 30.8 Å². The highest BCUT2D eigenvalue weighted by molar-refractivity contribution is 4.94. The maximum atomic E-state index is 5.64. The van der Waals surface area contributed by atoms with Crippen LogP contribution in [0.15, 0.2) is 4.52 Å². The summed E-state index contributed by atoms with van der Waals surface area (Å²) in [6.07, 6.45) is 8.97. The van der Waals surface area contributed by atoms with Gasteiger partial charge in [-0.15, -0.1) is 0 Å². The Morgan fingerprint density at radius 3 is 2.74 bits per heavy atom. The Morgan fingerprint density at radius 1 is 1.16 bits per heavy atom. The molecule has 1 atom stereocenters. The van der Waals surface area contributed by atoms with Crippen LogP contribution in [0.25, 0.3) is 0 Å². The first-order valence-electron chi connectivity index (χ1n) is 7.56. The average Bonchev–Trinajstić information content (AvgIpc) is 2.76. The number of ether oxygens (including phenoxy) is 1. The van der Waals surface area contributed by atoms with Crippen molar-refractivity contribution in [3.8, 4) is 0 Å². The number of hydrogen-bond acceptors (Lipinski definition) is 5. The molecule has 1 unspecified atom stereocenters. The number of morpholine rings is 1. The molecule has 106 valence electrons. The van der Waals surface area contributed by atoms with Crippen LogP contribution in [0.4, 0.5) is 0 Å². The summed E-state index contributed by atoms with van der Waals surface area (Å²) in [6.45, 7) is 2.41. The molecular weight excluding hydrogens is 242 g/mol. The summed E-state index contributed by atoms with van der Waals surface area (Å²) in [5, 5.41) is 7.36. The summed E-state index contributed by atoms with van der Waals surface area (Å²) in [6, 6.07) is 0. The zero-order valence-electron chi connectivity index (χ0n) is 11.4. The SMILES string of the molecule is C1CCCC(Cc2nc(C3CNCCO3)no2)CC1. The van der Waals surface area contributed by atoms with Crippen LogP contribution in [-0.4, -0.2) is 29.8 Å². The van der Waals surface area contributed by atoms with Gasteiger partial charge in [-0.2, -0.15) is 4.98 Å². The van der Waals surface area contributed by atoms with Gasteiger partial charge in [-0.05, 0) is 18.8 Å². The molecule has 2 heterocycles. The molecule has 1 aliphatic heterocycles. The highest BCUT2D eigenvalue weighted by Crippen LogP contribution is 2.26. The molecule has 5 heteroatoms. The Hall–Kier alpha value is -0.940. The van der Waals surface area contributed by atoms with E-state index in [-0.39, 0.29) is 6.10 Å². The van der Waals surface area contributed by atoms with Crippen molar-refractivity contribution < 1.29 is 9.26 Å². The Labute approximate surface area is 114 Å². The van der Waals surface area contributed by atoms with Crippen LogP contribution < -0.4 is 5.32 Å². The van der Waals surface area contributed by atoms with E-state index in [9.17, 15) is 0 Å². The van der Waals surface area contributed by atoms with Crippen LogP contribution in [0.3, 0.4) is 0 Å². The molecule has 3 rings (SSSR count). The molecule has 1 aromatic heterocycles. The van der Waals surface area contributed by atoms with Crippen molar-refractivity contribution >= 4 is 0 Å². The summed E-state index contributed by atoms with van der Waals surface area (Å²) in [5.41, 5.74) is 0. The normalized spacial score (nSPS) is 26.2. The van der Waals surface area contributed by atoms with E-state index in [0.717, 1.165) is 37.9 Å². The number of nitrogens with zero attached hydrogens (tertiary/aromatic N) is 2. The third-order valence-electron chi connectivity index (χ3n) is 4.14. The van der Waals surface area contributed by atoms with Crippen molar-refractivity contribution in [2.24, 2.45) is 5.92 Å². The standard InChI is InChI=1S/C14H23N3O2/c1-2-4-6-11(5-3-1)9-13-16-14(17-19-13)12-10-15-7-8-18-12/h11-12,15H,1-10H2. The highest BCUT2D eigenvalue weighted by atomic mass is 16.5. The smallest absolute Gasteiger partial charge is 0.227 e. The number of hydrogen-bond donors (Lipinski definition) is 1. The molecule has 0 radical (unpaired) electrons. The van der Waals surface area contributed by atoms with Crippen molar-refractivity contribution in [3.63, 3.8) is 0 Å². The number of aromatic nitrogens is 2. The molecule has 0 bridgehead atoms. The minimum Gasteiger partial charge on any atom is -0.367 e. The molecular formula is C14H23N3O2. The van der Waals surface area contributed by atoms with Gasteiger partial charge in [0.15, 0.2) is 0 Å². The van der Waals surface area contributed by atoms with E-state index < -0.39 is 0 Å². The molecule has 2 aliphatic rings. The van der Waals surface area contributed by atoms with Crippen molar-refractivity contribution in [2.45, 2.75) is 51.0 Å². The van der Waals surface area contributed by atoms with Crippen LogP contribution in [0.5, 0.6) is 0 Å². The van der Waals surface area contributed by atoms with Gasteiger partial charge in [0.2, 0.25) is 11.7 Å². The fraction of sp³-hybridized carbons (Fsp3) is 0.857. The minimum atomic E-state index is -0.0413. The van der Waals surface area contributed by atoms with Crippen LogP contribution in [-0.2, 0) is 11.2 Å². The van der Waals surface area contributed by atoms with Crippen LogP contribution in [0, 0.1) is 5.92 Å². The van der Waals surface area contributed by atoms with E-state index in [1.807, 2.05) is 0 Å². The van der Waals surface area contributed by atoms with E-state index in [0.29, 0.717) is 5.82 Å². The Kier molecular flexibility index (Phi) is 4.45. The quantitative estimate of drug-likeness (QED) is 0.849. The maximum absolute atomic E-state index is 5.64. The predicted octanol–water partition coefficient (Wildman–Crippen LogP) is 2.24. The first-order chi connectivity index (χ1) is 9.42. The predicted molar refractivity (Wildman–Crippen MR) is 70.8 cm³/mol. The van der Waals surface area contributed by atoms with Gasteiger partial charge >= 0.3 is 0 Å². The summed E-state index contributed by atoms with van der Waals surface area (Å²) in [5.74, 6) is 2.22. The van der Waals surface area contributed by atoms with E-state index in [4.69, 9.17) is 9.26 Å². The fourth-order valence-corrected chi connectivity index (χ4v) is 3.03. The zero-order valence-corrected chi connectivity index (χ0v) is 11.4. The van der Waals surface area contributed by atoms with Gasteiger partial charge < -0.3 is 14.6 Å². The summed E-state index contributed by atoms with van der Waals surface area (Å²) >= 11 is 0. The first kappa shape index (κ1) is 13.1. The monoisotopic (exact) mass is 265 g/mol. The molecule has 1 saturated carbocycles. The van der Waals surface area contributed by atoms with Crippen LogP contribution in [0.2, 0.25) is 0 Å². The van der Waals surface area contributed by atoms with Crippen molar-refractivity contribution in [1.29, 1.82) is 0 Å². The van der Waals surface area contributed by atoms with E-state index >= 15 is 0 Å². The lowest BCUT2D eigenvalue weighted by molar-refractivity contribution is 0.0208. The van der Waals surface area contributed by atoms with Gasteiger partial charge in [0.1, 0.15) is 6.10 Å². The van der Waals surface area contributed by atoms with Crippen molar-refractivity contribution in [3.05, 3.63) is 11.7 Å². The second-order valence-electron chi connectivity index (χ2n) is 5.67. The van der Waals surface area contributed by atoms with Gasteiger partial charge in [-0.25, -0.2) is 0 Å². The Balaban J connectivity index is 1.57. The largest absolute Gasteiger partial charge is 0.367 e.